The van der Waals surface area contributed by atoms with Gasteiger partial charge in [-0.1, -0.05) is 84.0 Å². The van der Waals surface area contributed by atoms with Crippen molar-refractivity contribution < 1.29 is 42.4 Å². The fourth-order valence-electron chi connectivity index (χ4n) is 4.04. The Morgan fingerprint density at radius 3 is 1.87 bits per heavy atom. The molecule has 0 spiro atoms. The van der Waals surface area contributed by atoms with E-state index in [-0.39, 0.29) is 32.3 Å². The second kappa shape index (κ2) is 24.1. The third-order valence-electron chi connectivity index (χ3n) is 6.61. The van der Waals surface area contributed by atoms with Gasteiger partial charge in [0.25, 0.3) is 0 Å². The minimum atomic E-state index is -4.20. The first-order chi connectivity index (χ1) is 18.4. The fourth-order valence-corrected chi connectivity index (χ4v) is 4.79. The number of quaternary nitrogens is 1. The van der Waals surface area contributed by atoms with E-state index in [0.717, 1.165) is 12.8 Å². The number of phosphoric ester groups is 1. The Kier molecular flexibility index (Phi) is 23.8. The quantitative estimate of drug-likeness (QED) is 0.0553. The van der Waals surface area contributed by atoms with E-state index in [2.05, 4.69) is 6.92 Å². The molecule has 3 atom stereocenters. The van der Waals surface area contributed by atoms with Gasteiger partial charge in [-0.2, -0.15) is 0 Å². The van der Waals surface area contributed by atoms with Crippen molar-refractivity contribution in [3.63, 3.8) is 0 Å². The molecule has 234 valence electrons. The molecule has 0 aliphatic heterocycles. The van der Waals surface area contributed by atoms with Crippen LogP contribution >= 0.6 is 7.82 Å². The zero-order valence-corrected chi connectivity index (χ0v) is 26.6. The molecule has 0 saturated heterocycles. The second-order valence-corrected chi connectivity index (χ2v) is 13.2. The molecule has 0 aromatic carbocycles. The summed E-state index contributed by atoms with van der Waals surface area (Å²) in [5, 5.41) is 8.79. The molecule has 0 heterocycles. The molecule has 0 aliphatic carbocycles. The number of rotatable bonds is 29. The van der Waals surface area contributed by atoms with Crippen molar-refractivity contribution in [1.82, 2.24) is 0 Å². The van der Waals surface area contributed by atoms with Gasteiger partial charge in [-0.15, -0.1) is 0 Å². The number of phosphoric acid groups is 1. The molecule has 0 rings (SSSR count). The molecule has 0 saturated carbocycles. The Morgan fingerprint density at radius 1 is 0.769 bits per heavy atom. The predicted molar refractivity (Wildman–Crippen MR) is 157 cm³/mol. The number of carboxylic acids is 1. The highest BCUT2D eigenvalue weighted by Crippen LogP contribution is 2.43. The summed E-state index contributed by atoms with van der Waals surface area (Å²) in [6, 6.07) is 0. The molecule has 0 amide bonds. The lowest BCUT2D eigenvalue weighted by Gasteiger charge is -2.25. The van der Waals surface area contributed by atoms with Crippen molar-refractivity contribution in [3.8, 4) is 0 Å². The molecule has 0 aliphatic rings. The average molecular weight is 583 g/mol. The topological polar surface area (TPSA) is 112 Å². The summed E-state index contributed by atoms with van der Waals surface area (Å²) in [5.74, 6) is -0.836. The highest BCUT2D eigenvalue weighted by Gasteiger charge is 2.25. The maximum Gasteiger partial charge on any atom is 0.472 e. The summed E-state index contributed by atoms with van der Waals surface area (Å²) in [6.45, 7) is 5.39. The van der Waals surface area contributed by atoms with Crippen molar-refractivity contribution >= 4 is 13.8 Å². The Hall–Kier alpha value is -0.540. The zero-order valence-electron chi connectivity index (χ0n) is 25.7. The van der Waals surface area contributed by atoms with Crippen LogP contribution in [0.4, 0.5) is 0 Å². The van der Waals surface area contributed by atoms with Gasteiger partial charge in [0, 0.05) is 13.0 Å². The normalized spacial score (nSPS) is 15.2. The molecule has 1 unspecified atom stereocenters. The van der Waals surface area contributed by atoms with Crippen LogP contribution in [0.1, 0.15) is 117 Å². The maximum atomic E-state index is 12.3. The van der Waals surface area contributed by atoms with Crippen molar-refractivity contribution in [2.45, 2.75) is 129 Å². The summed E-state index contributed by atoms with van der Waals surface area (Å²) in [6.07, 6.45) is 17.4. The lowest BCUT2D eigenvalue weighted by atomic mass is 10.0. The number of carboxylic acid groups (broad SMARTS) is 1. The van der Waals surface area contributed by atoms with E-state index >= 15 is 0 Å². The van der Waals surface area contributed by atoms with Gasteiger partial charge in [0.2, 0.25) is 0 Å². The van der Waals surface area contributed by atoms with Gasteiger partial charge in [0.05, 0.1) is 40.5 Å². The van der Waals surface area contributed by atoms with Crippen LogP contribution in [0.15, 0.2) is 0 Å². The molecule has 0 fully saturated rings. The number of aliphatic carboxylic acids is 1. The van der Waals surface area contributed by atoms with Crippen LogP contribution < -0.4 is 0 Å². The Bertz CT molecular complexity index is 629. The highest BCUT2D eigenvalue weighted by molar-refractivity contribution is 7.47. The predicted octanol–water partition coefficient (Wildman–Crippen LogP) is 6.96. The van der Waals surface area contributed by atoms with Crippen LogP contribution in [0.2, 0.25) is 0 Å². The van der Waals surface area contributed by atoms with E-state index in [9.17, 15) is 14.3 Å². The first-order valence-electron chi connectivity index (χ1n) is 15.3. The summed E-state index contributed by atoms with van der Waals surface area (Å²) in [7, 11) is 1.70. The van der Waals surface area contributed by atoms with Gasteiger partial charge in [0.15, 0.2) is 0 Å². The van der Waals surface area contributed by atoms with Gasteiger partial charge in [-0.25, -0.2) is 4.57 Å². The minimum Gasteiger partial charge on any atom is -0.481 e. The molecule has 0 aromatic rings. The smallest absolute Gasteiger partial charge is 0.472 e. The Labute approximate surface area is 239 Å². The molecule has 39 heavy (non-hydrogen) atoms. The first-order valence-corrected chi connectivity index (χ1v) is 16.8. The van der Waals surface area contributed by atoms with E-state index in [4.69, 9.17) is 23.6 Å². The zero-order chi connectivity index (χ0) is 29.4. The lowest BCUT2D eigenvalue weighted by molar-refractivity contribution is -0.870. The maximum absolute atomic E-state index is 12.3. The van der Waals surface area contributed by atoms with E-state index in [1.54, 1.807) is 0 Å². The molecule has 0 bridgehead atoms. The number of carbonyl (C=O) groups is 1. The number of hydrogen-bond donors (Lipinski definition) is 2. The summed E-state index contributed by atoms with van der Waals surface area (Å²) < 4.78 is 35.0. The molecule has 9 nitrogen and oxygen atoms in total. The van der Waals surface area contributed by atoms with Crippen LogP contribution in [-0.4, -0.2) is 86.8 Å². The van der Waals surface area contributed by atoms with E-state index in [1.165, 1.54) is 70.6 Å². The summed E-state index contributed by atoms with van der Waals surface area (Å²) in [5.41, 5.74) is 0. The monoisotopic (exact) mass is 582 g/mol. The Balaban J connectivity index is 4.22. The van der Waals surface area contributed by atoms with Gasteiger partial charge >= 0.3 is 13.8 Å². The van der Waals surface area contributed by atoms with Crippen molar-refractivity contribution in [2.75, 3.05) is 54.1 Å². The highest BCUT2D eigenvalue weighted by atomic mass is 31.2. The molecule has 2 N–H and O–H groups in total. The van der Waals surface area contributed by atoms with E-state index < -0.39 is 19.9 Å². The largest absolute Gasteiger partial charge is 0.481 e. The van der Waals surface area contributed by atoms with Crippen LogP contribution in [-0.2, 0) is 27.9 Å². The van der Waals surface area contributed by atoms with E-state index in [1.807, 2.05) is 28.1 Å². The number of unbranched alkanes of at least 4 members (excludes halogenated alkanes) is 12. The Morgan fingerprint density at radius 2 is 1.33 bits per heavy atom. The lowest BCUT2D eigenvalue weighted by Crippen LogP contribution is -2.37. The fraction of sp³-hybridized carbons (Fsp3) is 0.966. The molecule has 0 radical (unpaired) electrons. The van der Waals surface area contributed by atoms with Crippen LogP contribution in [0.5, 0.6) is 0 Å². The minimum absolute atomic E-state index is 0.0490. The van der Waals surface area contributed by atoms with Gasteiger partial charge < -0.3 is 24.0 Å². The van der Waals surface area contributed by atoms with E-state index in [0.29, 0.717) is 30.5 Å². The van der Waals surface area contributed by atoms with Crippen molar-refractivity contribution in [1.29, 1.82) is 0 Å². The van der Waals surface area contributed by atoms with Crippen molar-refractivity contribution in [3.05, 3.63) is 0 Å². The average Bonchev–Trinajstić information content (AvgIpc) is 2.84. The standard InChI is InChI=1S/C29H60NO8P/c1-6-7-8-9-10-11-12-13-14-15-16-17-20-27(2)36-25-28(35-23-19-18-21-29(31)32)26-38-39(33,34)37-24-22-30(3,4)5/h27-28H,6-26H2,1-5H3,(H-,31,32,33,34)/p+1/t27-,28-/m1/s1. The third-order valence-corrected chi connectivity index (χ3v) is 7.59. The SMILES string of the molecule is CCCCCCCCCCCCCC[C@@H](C)OC[C@H](COP(=O)(O)OCC[N+](C)(C)C)OCCCCC(=O)O. The number of hydrogen-bond acceptors (Lipinski definition) is 6. The molecule has 10 heteroatoms. The molecular formula is C29H61NO8P+. The summed E-state index contributed by atoms with van der Waals surface area (Å²) >= 11 is 0. The van der Waals surface area contributed by atoms with Crippen LogP contribution in [0, 0.1) is 0 Å². The third kappa shape index (κ3) is 28.8. The first kappa shape index (κ1) is 38.5. The number of ether oxygens (including phenoxy) is 2. The van der Waals surface area contributed by atoms with Crippen LogP contribution in [0.25, 0.3) is 0 Å². The number of likely N-dealkylation sites (N-methyl/N-ethyl adjacent to an activating group) is 1. The number of nitrogens with zero attached hydrogens (tertiary/aromatic N) is 1. The van der Waals surface area contributed by atoms with Crippen LogP contribution in [0.3, 0.4) is 0 Å². The molecular weight excluding hydrogens is 521 g/mol. The van der Waals surface area contributed by atoms with Gasteiger partial charge in [-0.05, 0) is 26.2 Å². The van der Waals surface area contributed by atoms with Crippen molar-refractivity contribution in [2.24, 2.45) is 0 Å². The second-order valence-electron chi connectivity index (χ2n) is 11.8. The van der Waals surface area contributed by atoms with Gasteiger partial charge in [0.1, 0.15) is 19.3 Å². The summed E-state index contributed by atoms with van der Waals surface area (Å²) in [4.78, 5) is 20.7. The van der Waals surface area contributed by atoms with Gasteiger partial charge in [-0.3, -0.25) is 13.8 Å². The molecule has 0 aromatic heterocycles.